The zero-order chi connectivity index (χ0) is 12.0. The first-order valence-corrected chi connectivity index (χ1v) is 6.74. The molecule has 0 N–H and O–H groups in total. The summed E-state index contributed by atoms with van der Waals surface area (Å²) in [5.41, 5.74) is 0. The molecule has 0 spiro atoms. The number of thioether (sulfide) groups is 1. The lowest BCUT2D eigenvalue weighted by Crippen LogP contribution is -2.35. The molecule has 3 heterocycles. The number of fused-ring (bicyclic) bond motifs is 5. The van der Waals surface area contributed by atoms with Gasteiger partial charge in [0.2, 0.25) is 11.8 Å². The first kappa shape index (κ1) is 11.1. The number of likely N-dealkylation sites (tertiary alicyclic amines) is 1. The highest BCUT2D eigenvalue weighted by atomic mass is 32.2. The van der Waals surface area contributed by atoms with Crippen LogP contribution in [0.15, 0.2) is 0 Å². The number of carbonyl (C=O) groups excluding carboxylic acids is 2. The molecule has 3 fully saturated rings. The van der Waals surface area contributed by atoms with Crippen LogP contribution in [0, 0.1) is 22.5 Å². The maximum atomic E-state index is 12.1. The van der Waals surface area contributed by atoms with Gasteiger partial charge in [-0.05, 0) is 24.6 Å². The largest absolute Gasteiger partial charge is 0.373 e. The second kappa shape index (κ2) is 4.00. The van der Waals surface area contributed by atoms with Gasteiger partial charge in [0.15, 0.2) is 0 Å². The highest BCUT2D eigenvalue weighted by Crippen LogP contribution is 2.48. The Hall–Kier alpha value is -1.06. The van der Waals surface area contributed by atoms with E-state index in [9.17, 15) is 9.59 Å². The summed E-state index contributed by atoms with van der Waals surface area (Å²) < 4.78 is 5.63. The molecule has 5 nitrogen and oxygen atoms in total. The van der Waals surface area contributed by atoms with Crippen LogP contribution in [0.1, 0.15) is 12.8 Å². The Balaban J connectivity index is 1.75. The van der Waals surface area contributed by atoms with Crippen LogP contribution < -0.4 is 0 Å². The van der Waals surface area contributed by atoms with E-state index in [4.69, 9.17) is 10.00 Å². The van der Waals surface area contributed by atoms with Crippen molar-refractivity contribution in [1.29, 1.82) is 5.26 Å². The van der Waals surface area contributed by atoms with Crippen LogP contribution in [-0.2, 0) is 14.3 Å². The normalized spacial score (nSPS) is 38.6. The highest BCUT2D eigenvalue weighted by molar-refractivity contribution is 8.03. The minimum Gasteiger partial charge on any atom is -0.373 e. The highest BCUT2D eigenvalue weighted by Gasteiger charge is 2.62. The fraction of sp³-hybridized carbons (Fsp3) is 0.727. The van der Waals surface area contributed by atoms with Gasteiger partial charge in [-0.3, -0.25) is 14.5 Å². The maximum absolute atomic E-state index is 12.1. The van der Waals surface area contributed by atoms with Crippen LogP contribution in [0.5, 0.6) is 0 Å². The SMILES string of the molecule is N#CSCCN1C(=O)[C@H]2[C@H](C1=O)[C@H]1CC[C@H]2O1. The molecule has 0 aromatic carbocycles. The summed E-state index contributed by atoms with van der Waals surface area (Å²) in [4.78, 5) is 25.6. The fourth-order valence-corrected chi connectivity index (χ4v) is 3.54. The lowest BCUT2D eigenvalue weighted by molar-refractivity contribution is -0.142. The van der Waals surface area contributed by atoms with E-state index >= 15 is 0 Å². The summed E-state index contributed by atoms with van der Waals surface area (Å²) in [6.45, 7) is 0.350. The van der Waals surface area contributed by atoms with E-state index in [1.165, 1.54) is 4.90 Å². The summed E-state index contributed by atoms with van der Waals surface area (Å²) in [7, 11) is 0. The second-order valence-electron chi connectivity index (χ2n) is 4.61. The van der Waals surface area contributed by atoms with Crippen molar-refractivity contribution in [2.45, 2.75) is 25.0 Å². The molecule has 2 bridgehead atoms. The van der Waals surface area contributed by atoms with Crippen molar-refractivity contribution in [2.24, 2.45) is 11.8 Å². The number of hydrogen-bond donors (Lipinski definition) is 0. The third-order valence-electron chi connectivity index (χ3n) is 3.86. The van der Waals surface area contributed by atoms with E-state index in [-0.39, 0.29) is 35.9 Å². The monoisotopic (exact) mass is 252 g/mol. The molecule has 3 aliphatic heterocycles. The van der Waals surface area contributed by atoms with Crippen molar-refractivity contribution in [1.82, 2.24) is 4.90 Å². The summed E-state index contributed by atoms with van der Waals surface area (Å²) in [6.07, 6.45) is 1.70. The van der Waals surface area contributed by atoms with Gasteiger partial charge in [0.1, 0.15) is 5.40 Å². The Morgan fingerprint density at radius 2 is 1.88 bits per heavy atom. The molecule has 2 amide bonds. The molecule has 90 valence electrons. The predicted octanol–water partition coefficient (Wildman–Crippen LogP) is 0.363. The van der Waals surface area contributed by atoms with Gasteiger partial charge in [0.25, 0.3) is 0 Å². The van der Waals surface area contributed by atoms with Crippen molar-refractivity contribution in [3.63, 3.8) is 0 Å². The van der Waals surface area contributed by atoms with Gasteiger partial charge in [-0.25, -0.2) is 0 Å². The third kappa shape index (κ3) is 1.49. The molecule has 0 aliphatic carbocycles. The van der Waals surface area contributed by atoms with Crippen molar-refractivity contribution in [2.75, 3.05) is 12.3 Å². The number of nitrogens with zero attached hydrogens (tertiary/aromatic N) is 2. The zero-order valence-electron chi connectivity index (χ0n) is 9.17. The lowest BCUT2D eigenvalue weighted by Gasteiger charge is -2.16. The molecule has 0 aromatic heterocycles. The first-order valence-electron chi connectivity index (χ1n) is 5.75. The smallest absolute Gasteiger partial charge is 0.235 e. The molecule has 0 unspecified atom stereocenters. The average molecular weight is 252 g/mol. The molecule has 3 saturated heterocycles. The number of nitriles is 1. The molecule has 3 aliphatic rings. The Morgan fingerprint density at radius 1 is 1.29 bits per heavy atom. The summed E-state index contributed by atoms with van der Waals surface area (Å²) in [5.74, 6) is -0.179. The van der Waals surface area contributed by atoms with Crippen molar-refractivity contribution in [3.8, 4) is 5.40 Å². The van der Waals surface area contributed by atoms with E-state index in [0.29, 0.717) is 12.3 Å². The standard InChI is InChI=1S/C11H12N2O3S/c12-5-17-4-3-13-10(14)8-6-1-2-7(16-6)9(8)11(13)15/h6-9H,1-4H2/t6-,7-,8-,9-/m1/s1. The molecule has 6 heteroatoms. The molecule has 3 rings (SSSR count). The molecule has 0 aromatic rings. The minimum absolute atomic E-state index is 0.0462. The maximum Gasteiger partial charge on any atom is 0.235 e. The molecule has 0 saturated carbocycles. The third-order valence-corrected chi connectivity index (χ3v) is 4.37. The number of carbonyl (C=O) groups is 2. The number of rotatable bonds is 3. The summed E-state index contributed by atoms with van der Waals surface area (Å²) in [5, 5.41) is 10.4. The first-order chi connectivity index (χ1) is 8.24. The molecule has 0 radical (unpaired) electrons. The van der Waals surface area contributed by atoms with Crippen molar-refractivity contribution >= 4 is 23.6 Å². The number of thiocyanates is 1. The lowest BCUT2D eigenvalue weighted by atomic mass is 9.81. The Bertz CT molecular complexity index is 391. The topological polar surface area (TPSA) is 70.4 Å². The molecule has 17 heavy (non-hydrogen) atoms. The van der Waals surface area contributed by atoms with E-state index in [1.54, 1.807) is 0 Å². The Labute approximate surface area is 103 Å². The minimum atomic E-state index is -0.242. The number of amides is 2. The van der Waals surface area contributed by atoms with Gasteiger partial charge in [-0.1, -0.05) is 0 Å². The average Bonchev–Trinajstić information content (AvgIpc) is 2.97. The Morgan fingerprint density at radius 3 is 2.41 bits per heavy atom. The van der Waals surface area contributed by atoms with Gasteiger partial charge in [-0.2, -0.15) is 5.26 Å². The number of hydrogen-bond acceptors (Lipinski definition) is 5. The van der Waals surface area contributed by atoms with Gasteiger partial charge >= 0.3 is 0 Å². The molecular weight excluding hydrogens is 240 g/mol. The van der Waals surface area contributed by atoms with E-state index < -0.39 is 0 Å². The quantitative estimate of drug-likeness (QED) is 0.412. The molecular formula is C11H12N2O3S. The predicted molar refractivity (Wildman–Crippen MR) is 59.7 cm³/mol. The summed E-state index contributed by atoms with van der Waals surface area (Å²) >= 11 is 1.07. The van der Waals surface area contributed by atoms with Crippen LogP contribution >= 0.6 is 11.8 Å². The summed E-state index contributed by atoms with van der Waals surface area (Å²) in [6, 6.07) is 0. The van der Waals surface area contributed by atoms with Crippen LogP contribution in [0.4, 0.5) is 0 Å². The van der Waals surface area contributed by atoms with Gasteiger partial charge < -0.3 is 4.74 Å². The van der Waals surface area contributed by atoms with E-state index in [0.717, 1.165) is 24.6 Å². The van der Waals surface area contributed by atoms with Crippen LogP contribution in [0.3, 0.4) is 0 Å². The van der Waals surface area contributed by atoms with Gasteiger partial charge in [0.05, 0.1) is 24.0 Å². The number of ether oxygens (including phenoxy) is 1. The van der Waals surface area contributed by atoms with Crippen LogP contribution in [-0.4, -0.2) is 41.2 Å². The fourth-order valence-electron chi connectivity index (χ4n) is 3.18. The van der Waals surface area contributed by atoms with Crippen LogP contribution in [0.2, 0.25) is 0 Å². The zero-order valence-corrected chi connectivity index (χ0v) is 9.98. The number of imide groups is 1. The second-order valence-corrected chi connectivity index (χ2v) is 5.49. The Kier molecular flexibility index (Phi) is 2.60. The molecule has 4 atom stereocenters. The van der Waals surface area contributed by atoms with Gasteiger partial charge in [0, 0.05) is 12.3 Å². The van der Waals surface area contributed by atoms with Gasteiger partial charge in [-0.15, -0.1) is 0 Å². The van der Waals surface area contributed by atoms with Crippen molar-refractivity contribution in [3.05, 3.63) is 0 Å². The van der Waals surface area contributed by atoms with E-state index in [1.807, 2.05) is 5.40 Å². The van der Waals surface area contributed by atoms with Crippen molar-refractivity contribution < 1.29 is 14.3 Å². The van der Waals surface area contributed by atoms with Crippen LogP contribution in [0.25, 0.3) is 0 Å². The van der Waals surface area contributed by atoms with E-state index in [2.05, 4.69) is 0 Å².